The van der Waals surface area contributed by atoms with E-state index >= 15 is 0 Å². The van der Waals surface area contributed by atoms with Gasteiger partial charge in [0.15, 0.2) is 0 Å². The highest BCUT2D eigenvalue weighted by Gasteiger charge is 2.11. The van der Waals surface area contributed by atoms with Gasteiger partial charge in [0, 0.05) is 20.2 Å². The molecule has 0 spiro atoms. The van der Waals surface area contributed by atoms with Crippen LogP contribution in [0.15, 0.2) is 0 Å². The number of aryl methyl sites for hydroxylation is 2. The zero-order valence-electron chi connectivity index (χ0n) is 10.7. The summed E-state index contributed by atoms with van der Waals surface area (Å²) in [4.78, 5) is 0. The Morgan fingerprint density at radius 3 is 2.88 bits per heavy atom. The molecule has 0 aliphatic carbocycles. The smallest absolute Gasteiger partial charge is 0.148 e. The molecule has 1 rings (SSSR count). The van der Waals surface area contributed by atoms with Crippen LogP contribution in [0.1, 0.15) is 19.0 Å². The second-order valence-corrected chi connectivity index (χ2v) is 3.99. The van der Waals surface area contributed by atoms with Crippen LogP contribution in [0.5, 0.6) is 0 Å². The maximum absolute atomic E-state index is 9.51. The molecule has 1 unspecified atom stereocenters. The fourth-order valence-electron chi connectivity index (χ4n) is 1.64. The van der Waals surface area contributed by atoms with E-state index < -0.39 is 6.10 Å². The van der Waals surface area contributed by atoms with E-state index in [1.165, 1.54) is 0 Å². The van der Waals surface area contributed by atoms with Crippen molar-refractivity contribution in [2.24, 2.45) is 0 Å². The highest BCUT2D eigenvalue weighted by atomic mass is 16.5. The Morgan fingerprint density at radius 2 is 2.29 bits per heavy atom. The minimum atomic E-state index is -0.451. The van der Waals surface area contributed by atoms with Crippen molar-refractivity contribution in [1.82, 2.24) is 9.78 Å². The third-order valence-corrected chi connectivity index (χ3v) is 2.60. The molecule has 6 heteroatoms. The van der Waals surface area contributed by atoms with Gasteiger partial charge in [0.25, 0.3) is 0 Å². The number of methoxy groups -OCH3 is 1. The van der Waals surface area contributed by atoms with Crippen LogP contribution < -0.4 is 11.1 Å². The van der Waals surface area contributed by atoms with Gasteiger partial charge in [-0.3, -0.25) is 0 Å². The van der Waals surface area contributed by atoms with Crippen molar-refractivity contribution >= 4 is 11.5 Å². The minimum absolute atomic E-state index is 0.350. The van der Waals surface area contributed by atoms with Gasteiger partial charge in [-0.2, -0.15) is 5.10 Å². The maximum Gasteiger partial charge on any atom is 0.148 e. The van der Waals surface area contributed by atoms with Gasteiger partial charge in [-0.05, 0) is 20.3 Å². The van der Waals surface area contributed by atoms with Crippen LogP contribution >= 0.6 is 0 Å². The standard InChI is InChI=1S/C11H22N4O2/c1-4-15-11(10(12)8(2)14-15)13-6-5-9(16)7-17-3/h9,13,16H,4-7,12H2,1-3H3. The molecule has 1 aromatic heterocycles. The van der Waals surface area contributed by atoms with E-state index in [-0.39, 0.29) is 0 Å². The van der Waals surface area contributed by atoms with Gasteiger partial charge < -0.3 is 20.9 Å². The molecule has 0 radical (unpaired) electrons. The van der Waals surface area contributed by atoms with E-state index in [0.29, 0.717) is 25.3 Å². The topological polar surface area (TPSA) is 85.3 Å². The first-order valence-corrected chi connectivity index (χ1v) is 5.83. The predicted molar refractivity (Wildman–Crippen MR) is 68.0 cm³/mol. The summed E-state index contributed by atoms with van der Waals surface area (Å²) in [6.45, 7) is 5.65. The normalized spacial score (nSPS) is 12.7. The van der Waals surface area contributed by atoms with Crippen LogP contribution in [0.2, 0.25) is 0 Å². The van der Waals surface area contributed by atoms with Gasteiger partial charge in [-0.25, -0.2) is 4.68 Å². The Bertz CT molecular complexity index is 351. The highest BCUT2D eigenvalue weighted by molar-refractivity contribution is 5.64. The highest BCUT2D eigenvalue weighted by Crippen LogP contribution is 2.21. The number of nitrogens with one attached hydrogen (secondary N) is 1. The first kappa shape index (κ1) is 13.8. The van der Waals surface area contributed by atoms with Crippen molar-refractivity contribution in [3.8, 4) is 0 Å². The van der Waals surface area contributed by atoms with Gasteiger partial charge in [0.1, 0.15) is 5.82 Å². The van der Waals surface area contributed by atoms with Crippen LogP contribution in [0.25, 0.3) is 0 Å². The second-order valence-electron chi connectivity index (χ2n) is 3.99. The Balaban J connectivity index is 2.51. The fraction of sp³-hybridized carbons (Fsp3) is 0.727. The second kappa shape index (κ2) is 6.46. The van der Waals surface area contributed by atoms with E-state index in [1.54, 1.807) is 7.11 Å². The lowest BCUT2D eigenvalue weighted by atomic mass is 10.2. The summed E-state index contributed by atoms with van der Waals surface area (Å²) in [7, 11) is 1.57. The van der Waals surface area contributed by atoms with Gasteiger partial charge >= 0.3 is 0 Å². The van der Waals surface area contributed by atoms with Crippen LogP contribution in [-0.2, 0) is 11.3 Å². The molecule has 0 saturated carbocycles. The lowest BCUT2D eigenvalue weighted by Gasteiger charge is -2.12. The number of aromatic nitrogens is 2. The molecule has 6 nitrogen and oxygen atoms in total. The molecule has 0 aliphatic rings. The molecule has 98 valence electrons. The summed E-state index contributed by atoms with van der Waals surface area (Å²) in [5, 5.41) is 17.0. The number of aliphatic hydroxyl groups excluding tert-OH is 1. The number of aliphatic hydroxyl groups is 1. The van der Waals surface area contributed by atoms with E-state index in [1.807, 2.05) is 18.5 Å². The summed E-state index contributed by atoms with van der Waals surface area (Å²) < 4.78 is 6.69. The first-order valence-electron chi connectivity index (χ1n) is 5.83. The Kier molecular flexibility index (Phi) is 5.24. The zero-order chi connectivity index (χ0) is 12.8. The molecule has 0 bridgehead atoms. The van der Waals surface area contributed by atoms with Crippen molar-refractivity contribution < 1.29 is 9.84 Å². The number of ether oxygens (including phenoxy) is 1. The molecule has 0 saturated heterocycles. The van der Waals surface area contributed by atoms with Gasteiger partial charge in [0.05, 0.1) is 24.1 Å². The molecule has 17 heavy (non-hydrogen) atoms. The zero-order valence-corrected chi connectivity index (χ0v) is 10.7. The number of nitrogen functional groups attached to an aromatic ring is 1. The SMILES string of the molecule is CCn1nc(C)c(N)c1NCCC(O)COC. The summed E-state index contributed by atoms with van der Waals surface area (Å²) >= 11 is 0. The molecular weight excluding hydrogens is 220 g/mol. The van der Waals surface area contributed by atoms with Crippen LogP contribution in [-0.4, -0.2) is 41.3 Å². The summed E-state index contributed by atoms with van der Waals surface area (Å²) in [6.07, 6.45) is 0.161. The molecule has 1 heterocycles. The van der Waals surface area contributed by atoms with E-state index in [9.17, 15) is 5.11 Å². The number of nitrogens with zero attached hydrogens (tertiary/aromatic N) is 2. The number of nitrogens with two attached hydrogens (primary N) is 1. The molecule has 0 aliphatic heterocycles. The fourth-order valence-corrected chi connectivity index (χ4v) is 1.64. The maximum atomic E-state index is 9.51. The van der Waals surface area contributed by atoms with Crippen molar-refractivity contribution in [3.05, 3.63) is 5.69 Å². The molecule has 1 atom stereocenters. The lowest BCUT2D eigenvalue weighted by Crippen LogP contribution is -2.19. The molecule has 1 aromatic rings. The monoisotopic (exact) mass is 242 g/mol. The third kappa shape index (κ3) is 3.61. The van der Waals surface area contributed by atoms with Gasteiger partial charge in [0.2, 0.25) is 0 Å². The number of rotatable bonds is 7. The number of hydrogen-bond acceptors (Lipinski definition) is 5. The Labute approximate surface area is 102 Å². The number of hydrogen-bond donors (Lipinski definition) is 3. The minimum Gasteiger partial charge on any atom is -0.394 e. The quantitative estimate of drug-likeness (QED) is 0.652. The van der Waals surface area contributed by atoms with Crippen LogP contribution in [0.4, 0.5) is 11.5 Å². The van der Waals surface area contributed by atoms with E-state index in [2.05, 4.69) is 10.4 Å². The van der Waals surface area contributed by atoms with Gasteiger partial charge in [-0.15, -0.1) is 0 Å². The third-order valence-electron chi connectivity index (χ3n) is 2.60. The van der Waals surface area contributed by atoms with Crippen LogP contribution in [0, 0.1) is 6.92 Å². The van der Waals surface area contributed by atoms with Crippen molar-refractivity contribution in [1.29, 1.82) is 0 Å². The summed E-state index contributed by atoms with van der Waals surface area (Å²) in [6, 6.07) is 0. The van der Waals surface area contributed by atoms with Crippen molar-refractivity contribution in [2.75, 3.05) is 31.3 Å². The molecular formula is C11H22N4O2. The molecule has 0 aromatic carbocycles. The van der Waals surface area contributed by atoms with Gasteiger partial charge in [-0.1, -0.05) is 0 Å². The summed E-state index contributed by atoms with van der Waals surface area (Å²) in [5.41, 5.74) is 7.42. The average molecular weight is 242 g/mol. The molecule has 4 N–H and O–H groups in total. The number of anilines is 2. The van der Waals surface area contributed by atoms with Crippen molar-refractivity contribution in [2.45, 2.75) is 32.9 Å². The molecule has 0 amide bonds. The lowest BCUT2D eigenvalue weighted by molar-refractivity contribution is 0.0615. The summed E-state index contributed by atoms with van der Waals surface area (Å²) in [5.74, 6) is 0.828. The van der Waals surface area contributed by atoms with E-state index in [4.69, 9.17) is 10.5 Å². The first-order chi connectivity index (χ1) is 8.10. The Hall–Kier alpha value is -1.27. The average Bonchev–Trinajstić information content (AvgIpc) is 2.57. The van der Waals surface area contributed by atoms with E-state index in [0.717, 1.165) is 18.1 Å². The Morgan fingerprint density at radius 1 is 1.59 bits per heavy atom. The van der Waals surface area contributed by atoms with Crippen molar-refractivity contribution in [3.63, 3.8) is 0 Å². The predicted octanol–water partition coefficient (Wildman–Crippen LogP) is 0.603. The van der Waals surface area contributed by atoms with Crippen LogP contribution in [0.3, 0.4) is 0 Å². The molecule has 0 fully saturated rings. The largest absolute Gasteiger partial charge is 0.394 e.